The van der Waals surface area contributed by atoms with Crippen LogP contribution in [0.5, 0.6) is 5.75 Å². The summed E-state index contributed by atoms with van der Waals surface area (Å²) < 4.78 is 0. The number of aryl methyl sites for hydroxylation is 1. The van der Waals surface area contributed by atoms with E-state index in [0.717, 1.165) is 17.5 Å². The molecule has 0 saturated heterocycles. The number of hydrogen-bond donors (Lipinski definition) is 3. The molecule has 1 amide bonds. The predicted molar refractivity (Wildman–Crippen MR) is 96.6 cm³/mol. The lowest BCUT2D eigenvalue weighted by Gasteiger charge is -1.98. The Kier molecular flexibility index (Phi) is 4.89. The number of carbonyl (C=O) groups is 1. The number of aromatic nitrogens is 2. The van der Waals surface area contributed by atoms with Gasteiger partial charge in [0.15, 0.2) is 0 Å². The van der Waals surface area contributed by atoms with E-state index in [-0.39, 0.29) is 11.7 Å². The Morgan fingerprint density at radius 2 is 1.92 bits per heavy atom. The van der Waals surface area contributed by atoms with Crippen LogP contribution < -0.4 is 5.43 Å². The Bertz CT molecular complexity index is 881. The van der Waals surface area contributed by atoms with E-state index in [2.05, 4.69) is 27.6 Å². The first-order chi connectivity index (χ1) is 12.2. The molecule has 0 spiro atoms. The van der Waals surface area contributed by atoms with Crippen LogP contribution >= 0.6 is 0 Å². The van der Waals surface area contributed by atoms with Crippen molar-refractivity contribution in [3.63, 3.8) is 0 Å². The molecule has 3 aromatic rings. The van der Waals surface area contributed by atoms with E-state index in [0.29, 0.717) is 11.4 Å². The zero-order valence-corrected chi connectivity index (χ0v) is 13.7. The number of H-pyrrole nitrogens is 1. The molecule has 0 fully saturated rings. The van der Waals surface area contributed by atoms with Gasteiger partial charge in [-0.25, -0.2) is 5.43 Å². The van der Waals surface area contributed by atoms with E-state index in [9.17, 15) is 9.90 Å². The molecular formula is C19H18N4O2. The van der Waals surface area contributed by atoms with Crippen molar-refractivity contribution in [2.45, 2.75) is 13.3 Å². The Morgan fingerprint density at radius 1 is 1.20 bits per heavy atom. The third kappa shape index (κ3) is 4.11. The van der Waals surface area contributed by atoms with Gasteiger partial charge in [-0.2, -0.15) is 10.2 Å². The van der Waals surface area contributed by atoms with E-state index < -0.39 is 0 Å². The molecule has 0 bridgehead atoms. The second kappa shape index (κ2) is 7.44. The molecule has 0 saturated carbocycles. The summed E-state index contributed by atoms with van der Waals surface area (Å²) in [6, 6.07) is 16.2. The lowest BCUT2D eigenvalue weighted by molar-refractivity contribution is 0.0950. The average molecular weight is 334 g/mol. The van der Waals surface area contributed by atoms with Crippen LogP contribution in [0.3, 0.4) is 0 Å². The van der Waals surface area contributed by atoms with Crippen molar-refractivity contribution in [2.24, 2.45) is 5.10 Å². The summed E-state index contributed by atoms with van der Waals surface area (Å²) in [6.07, 6.45) is 2.48. The molecule has 0 unspecified atom stereocenters. The van der Waals surface area contributed by atoms with Crippen LogP contribution in [0, 0.1) is 0 Å². The minimum absolute atomic E-state index is 0.179. The molecule has 1 heterocycles. The number of phenolic OH excluding ortho intramolecular Hbond substituents is 1. The van der Waals surface area contributed by atoms with Gasteiger partial charge in [0.2, 0.25) is 0 Å². The Morgan fingerprint density at radius 3 is 2.60 bits per heavy atom. The predicted octanol–water partition coefficient (Wildman–Crippen LogP) is 3.11. The number of phenols is 1. The number of hydrogen-bond acceptors (Lipinski definition) is 4. The van der Waals surface area contributed by atoms with Crippen molar-refractivity contribution >= 4 is 12.1 Å². The van der Waals surface area contributed by atoms with Gasteiger partial charge in [0.1, 0.15) is 11.4 Å². The van der Waals surface area contributed by atoms with Gasteiger partial charge in [-0.1, -0.05) is 31.2 Å². The van der Waals surface area contributed by atoms with Crippen LogP contribution in [0.4, 0.5) is 0 Å². The first kappa shape index (κ1) is 16.4. The second-order valence-electron chi connectivity index (χ2n) is 5.51. The summed E-state index contributed by atoms with van der Waals surface area (Å²) in [5.74, 6) is -0.197. The molecule has 0 aliphatic carbocycles. The summed E-state index contributed by atoms with van der Waals surface area (Å²) in [7, 11) is 0. The van der Waals surface area contributed by atoms with Crippen LogP contribution in [-0.2, 0) is 6.42 Å². The zero-order valence-electron chi connectivity index (χ0n) is 13.7. The summed E-state index contributed by atoms with van der Waals surface area (Å²) >= 11 is 0. The quantitative estimate of drug-likeness (QED) is 0.494. The maximum absolute atomic E-state index is 12.1. The monoisotopic (exact) mass is 334 g/mol. The maximum atomic E-state index is 12.1. The Hall–Kier alpha value is -3.41. The summed E-state index contributed by atoms with van der Waals surface area (Å²) in [4.78, 5) is 12.1. The number of aromatic amines is 1. The van der Waals surface area contributed by atoms with Gasteiger partial charge >= 0.3 is 0 Å². The number of hydrazone groups is 1. The number of benzene rings is 2. The summed E-state index contributed by atoms with van der Waals surface area (Å²) in [5.41, 5.74) is 6.44. The molecule has 6 nitrogen and oxygen atoms in total. The van der Waals surface area contributed by atoms with Crippen LogP contribution in [0.1, 0.15) is 28.5 Å². The highest BCUT2D eigenvalue weighted by Gasteiger charge is 2.10. The molecule has 6 heteroatoms. The molecule has 1 aromatic heterocycles. The molecule has 0 aliphatic rings. The van der Waals surface area contributed by atoms with Gasteiger partial charge in [0.25, 0.3) is 5.91 Å². The SMILES string of the molecule is CCc1ccc(-c2cc(C(=O)N/N=C/c3ccc(O)cc3)[nH]n2)cc1. The first-order valence-electron chi connectivity index (χ1n) is 7.93. The van der Waals surface area contributed by atoms with Crippen LogP contribution in [0.15, 0.2) is 59.7 Å². The van der Waals surface area contributed by atoms with Crippen LogP contribution in [-0.4, -0.2) is 27.4 Å². The van der Waals surface area contributed by atoms with Gasteiger partial charge in [-0.15, -0.1) is 0 Å². The van der Waals surface area contributed by atoms with E-state index >= 15 is 0 Å². The van der Waals surface area contributed by atoms with E-state index in [1.165, 1.54) is 11.8 Å². The fourth-order valence-electron chi connectivity index (χ4n) is 2.28. The molecule has 0 aliphatic heterocycles. The third-order valence-electron chi connectivity index (χ3n) is 3.75. The number of aromatic hydroxyl groups is 1. The zero-order chi connectivity index (χ0) is 17.6. The van der Waals surface area contributed by atoms with Gasteiger partial charge in [0.05, 0.1) is 11.9 Å². The largest absolute Gasteiger partial charge is 0.508 e. The molecule has 0 atom stereocenters. The molecule has 3 rings (SSSR count). The van der Waals surface area contributed by atoms with E-state index in [1.54, 1.807) is 30.3 Å². The van der Waals surface area contributed by atoms with Crippen LogP contribution in [0.25, 0.3) is 11.3 Å². The molecule has 126 valence electrons. The first-order valence-corrected chi connectivity index (χ1v) is 7.93. The molecule has 3 N–H and O–H groups in total. The fourth-order valence-corrected chi connectivity index (χ4v) is 2.28. The summed E-state index contributed by atoms with van der Waals surface area (Å²) in [5, 5.41) is 20.0. The van der Waals surface area contributed by atoms with Crippen LogP contribution in [0.2, 0.25) is 0 Å². The maximum Gasteiger partial charge on any atom is 0.289 e. The van der Waals surface area contributed by atoms with Gasteiger partial charge < -0.3 is 5.11 Å². The highest BCUT2D eigenvalue weighted by atomic mass is 16.3. The summed E-state index contributed by atoms with van der Waals surface area (Å²) in [6.45, 7) is 2.10. The third-order valence-corrected chi connectivity index (χ3v) is 3.75. The minimum Gasteiger partial charge on any atom is -0.508 e. The second-order valence-corrected chi connectivity index (χ2v) is 5.51. The minimum atomic E-state index is -0.376. The Labute approximate surface area is 145 Å². The lowest BCUT2D eigenvalue weighted by Crippen LogP contribution is -2.17. The number of amides is 1. The van der Waals surface area contributed by atoms with Gasteiger partial charge in [-0.3, -0.25) is 9.89 Å². The normalized spacial score (nSPS) is 10.9. The van der Waals surface area contributed by atoms with Gasteiger partial charge in [-0.05, 0) is 47.9 Å². The number of rotatable bonds is 5. The van der Waals surface area contributed by atoms with E-state index in [4.69, 9.17) is 0 Å². The van der Waals surface area contributed by atoms with Gasteiger partial charge in [0, 0.05) is 5.56 Å². The highest BCUT2D eigenvalue weighted by Crippen LogP contribution is 2.18. The van der Waals surface area contributed by atoms with Crippen molar-refractivity contribution < 1.29 is 9.90 Å². The van der Waals surface area contributed by atoms with Crippen molar-refractivity contribution in [1.29, 1.82) is 0 Å². The highest BCUT2D eigenvalue weighted by molar-refractivity contribution is 5.94. The number of carbonyl (C=O) groups excluding carboxylic acids is 1. The van der Waals surface area contributed by atoms with Crippen molar-refractivity contribution in [3.8, 4) is 17.0 Å². The Balaban J connectivity index is 1.64. The number of nitrogens with zero attached hydrogens (tertiary/aromatic N) is 2. The van der Waals surface area contributed by atoms with E-state index in [1.807, 2.05) is 24.3 Å². The van der Waals surface area contributed by atoms with Crippen molar-refractivity contribution in [3.05, 3.63) is 71.4 Å². The standard InChI is InChI=1S/C19H18N4O2/c1-2-13-3-7-15(8-4-13)17-11-18(22-21-17)19(25)23-20-12-14-5-9-16(24)10-6-14/h3-12,24H,2H2,1H3,(H,21,22)(H,23,25)/b20-12+. The molecular weight excluding hydrogens is 316 g/mol. The van der Waals surface area contributed by atoms with Crippen molar-refractivity contribution in [1.82, 2.24) is 15.6 Å². The van der Waals surface area contributed by atoms with Crippen molar-refractivity contribution in [2.75, 3.05) is 0 Å². The fraction of sp³-hybridized carbons (Fsp3) is 0.105. The lowest BCUT2D eigenvalue weighted by atomic mass is 10.1. The smallest absolute Gasteiger partial charge is 0.289 e. The molecule has 0 radical (unpaired) electrons. The average Bonchev–Trinajstić information content (AvgIpc) is 3.13. The molecule has 2 aromatic carbocycles. The molecule has 25 heavy (non-hydrogen) atoms. The topological polar surface area (TPSA) is 90.4 Å². The number of nitrogens with one attached hydrogen (secondary N) is 2.